The number of carbonyl (C=O) groups is 1. The van der Waals surface area contributed by atoms with Gasteiger partial charge in [0, 0.05) is 22.5 Å². The van der Waals surface area contributed by atoms with Gasteiger partial charge in [0.15, 0.2) is 0 Å². The summed E-state index contributed by atoms with van der Waals surface area (Å²) in [5.41, 5.74) is 4.18. The molecule has 2 aromatic rings. The molecule has 0 spiro atoms. The Morgan fingerprint density at radius 2 is 2.24 bits per heavy atom. The third-order valence-corrected chi connectivity index (χ3v) is 4.72. The van der Waals surface area contributed by atoms with Gasteiger partial charge in [0.2, 0.25) is 5.91 Å². The number of pyridine rings is 1. The highest BCUT2D eigenvalue weighted by Crippen LogP contribution is 2.30. The number of nitrogens with zero attached hydrogens (tertiary/aromatic N) is 1. The van der Waals surface area contributed by atoms with E-state index >= 15 is 0 Å². The number of fused-ring (bicyclic) bond motifs is 1. The van der Waals surface area contributed by atoms with Gasteiger partial charge in [0.25, 0.3) is 0 Å². The Morgan fingerprint density at radius 1 is 1.33 bits per heavy atom. The molecule has 3 nitrogen and oxygen atoms in total. The number of rotatable bonds is 3. The first kappa shape index (κ1) is 14.1. The summed E-state index contributed by atoms with van der Waals surface area (Å²) in [6, 6.07) is 10.1. The van der Waals surface area contributed by atoms with E-state index in [4.69, 9.17) is 0 Å². The molecule has 108 valence electrons. The molecule has 0 radical (unpaired) electrons. The Labute approximate surface area is 129 Å². The van der Waals surface area contributed by atoms with E-state index in [0.29, 0.717) is 6.42 Å². The summed E-state index contributed by atoms with van der Waals surface area (Å²) >= 11 is 1.91. The number of aromatic nitrogens is 1. The van der Waals surface area contributed by atoms with Crippen LogP contribution in [0.2, 0.25) is 0 Å². The zero-order valence-electron chi connectivity index (χ0n) is 12.1. The maximum absolute atomic E-state index is 12.1. The van der Waals surface area contributed by atoms with Crippen LogP contribution in [0.5, 0.6) is 0 Å². The van der Waals surface area contributed by atoms with E-state index in [9.17, 15) is 4.79 Å². The fourth-order valence-corrected chi connectivity index (χ4v) is 3.56. The average Bonchev–Trinajstić information content (AvgIpc) is 2.47. The van der Waals surface area contributed by atoms with Crippen molar-refractivity contribution in [3.8, 4) is 0 Å². The number of aryl methyl sites for hydroxylation is 2. The van der Waals surface area contributed by atoms with Crippen LogP contribution >= 0.6 is 11.8 Å². The van der Waals surface area contributed by atoms with Crippen molar-refractivity contribution in [3.63, 3.8) is 0 Å². The lowest BCUT2D eigenvalue weighted by molar-refractivity contribution is -0.115. The summed E-state index contributed by atoms with van der Waals surface area (Å²) in [5, 5.41) is 2.93. The van der Waals surface area contributed by atoms with Crippen LogP contribution in [0.25, 0.3) is 0 Å². The molecular formula is C17H18N2OS. The number of nitrogens with one attached hydrogen (secondary N) is 1. The van der Waals surface area contributed by atoms with E-state index in [1.807, 2.05) is 30.8 Å². The fourth-order valence-electron chi connectivity index (χ4n) is 2.54. The van der Waals surface area contributed by atoms with E-state index < -0.39 is 0 Å². The van der Waals surface area contributed by atoms with Crippen molar-refractivity contribution in [1.29, 1.82) is 0 Å². The molecule has 0 atom stereocenters. The number of carbonyl (C=O) groups excluding carboxylic acids is 1. The van der Waals surface area contributed by atoms with Gasteiger partial charge in [-0.3, -0.25) is 9.78 Å². The number of thioether (sulfide) groups is 1. The smallest absolute Gasteiger partial charge is 0.228 e. The van der Waals surface area contributed by atoms with Gasteiger partial charge in [0.05, 0.1) is 6.42 Å². The second-order valence-electron chi connectivity index (χ2n) is 5.30. The highest BCUT2D eigenvalue weighted by molar-refractivity contribution is 7.99. The van der Waals surface area contributed by atoms with Gasteiger partial charge in [-0.15, -0.1) is 11.8 Å². The first-order chi connectivity index (χ1) is 10.2. The van der Waals surface area contributed by atoms with Crippen LogP contribution in [0, 0.1) is 6.92 Å². The van der Waals surface area contributed by atoms with Gasteiger partial charge >= 0.3 is 0 Å². The standard InChI is InChI=1S/C17H18N2OS/c1-12-9-15(6-7-18-12)19-17(20)11-13-4-5-16-14(10-13)3-2-8-21-16/h4-7,9-10H,2-3,8,11H2,1H3,(H,18,19,20). The van der Waals surface area contributed by atoms with E-state index in [1.165, 1.54) is 22.6 Å². The zero-order chi connectivity index (χ0) is 14.7. The Kier molecular flexibility index (Phi) is 4.25. The first-order valence-electron chi connectivity index (χ1n) is 7.18. The SMILES string of the molecule is Cc1cc(NC(=O)Cc2ccc3c(c2)CCCS3)ccn1. The molecule has 0 bridgehead atoms. The monoisotopic (exact) mass is 298 g/mol. The van der Waals surface area contributed by atoms with Gasteiger partial charge in [-0.1, -0.05) is 12.1 Å². The van der Waals surface area contributed by atoms with Gasteiger partial charge in [0.1, 0.15) is 0 Å². The molecule has 0 saturated carbocycles. The van der Waals surface area contributed by atoms with Crippen LogP contribution in [0.4, 0.5) is 5.69 Å². The van der Waals surface area contributed by atoms with Gasteiger partial charge < -0.3 is 5.32 Å². The summed E-state index contributed by atoms with van der Waals surface area (Å²) in [6.45, 7) is 1.91. The number of hydrogen-bond acceptors (Lipinski definition) is 3. The van der Waals surface area contributed by atoms with Crippen molar-refractivity contribution in [2.75, 3.05) is 11.1 Å². The van der Waals surface area contributed by atoms with Crippen LogP contribution < -0.4 is 5.32 Å². The second kappa shape index (κ2) is 6.31. The van der Waals surface area contributed by atoms with Gasteiger partial charge in [-0.05, 0) is 54.8 Å². The molecule has 3 rings (SSSR count). The molecule has 1 aliphatic heterocycles. The molecule has 1 amide bonds. The van der Waals surface area contributed by atoms with Crippen molar-refractivity contribution in [1.82, 2.24) is 4.98 Å². The van der Waals surface area contributed by atoms with Crippen LogP contribution in [0.1, 0.15) is 23.2 Å². The summed E-state index contributed by atoms with van der Waals surface area (Å²) in [4.78, 5) is 17.6. The molecule has 0 aliphatic carbocycles. The summed E-state index contributed by atoms with van der Waals surface area (Å²) in [6.07, 6.45) is 4.48. The molecule has 0 unspecified atom stereocenters. The highest BCUT2D eigenvalue weighted by Gasteiger charge is 2.11. The van der Waals surface area contributed by atoms with E-state index in [2.05, 4.69) is 28.5 Å². The number of hydrogen-bond donors (Lipinski definition) is 1. The van der Waals surface area contributed by atoms with E-state index in [1.54, 1.807) is 6.20 Å². The van der Waals surface area contributed by atoms with Gasteiger partial charge in [-0.2, -0.15) is 0 Å². The molecule has 4 heteroatoms. The lowest BCUT2D eigenvalue weighted by Crippen LogP contribution is -2.15. The van der Waals surface area contributed by atoms with Gasteiger partial charge in [-0.25, -0.2) is 0 Å². The Bertz CT molecular complexity index is 670. The largest absolute Gasteiger partial charge is 0.326 e. The number of amides is 1. The van der Waals surface area contributed by atoms with Crippen molar-refractivity contribution in [2.24, 2.45) is 0 Å². The topological polar surface area (TPSA) is 42.0 Å². The Hall–Kier alpha value is -1.81. The minimum Gasteiger partial charge on any atom is -0.326 e. The first-order valence-corrected chi connectivity index (χ1v) is 8.16. The van der Waals surface area contributed by atoms with Crippen molar-refractivity contribution in [2.45, 2.75) is 31.1 Å². The second-order valence-corrected chi connectivity index (χ2v) is 6.44. The molecule has 1 aromatic heterocycles. The maximum Gasteiger partial charge on any atom is 0.228 e. The number of anilines is 1. The molecule has 2 heterocycles. The van der Waals surface area contributed by atoms with E-state index in [0.717, 1.165) is 23.4 Å². The van der Waals surface area contributed by atoms with Crippen molar-refractivity contribution < 1.29 is 4.79 Å². The van der Waals surface area contributed by atoms with Crippen LogP contribution in [-0.4, -0.2) is 16.6 Å². The molecular weight excluding hydrogens is 280 g/mol. The number of benzene rings is 1. The Balaban J connectivity index is 1.67. The average molecular weight is 298 g/mol. The fraction of sp³-hybridized carbons (Fsp3) is 0.294. The lowest BCUT2D eigenvalue weighted by Gasteiger charge is -2.16. The quantitative estimate of drug-likeness (QED) is 0.941. The Morgan fingerprint density at radius 3 is 3.10 bits per heavy atom. The van der Waals surface area contributed by atoms with Crippen LogP contribution in [0.15, 0.2) is 41.4 Å². The summed E-state index contributed by atoms with van der Waals surface area (Å²) in [5.74, 6) is 1.22. The molecule has 1 aliphatic rings. The third kappa shape index (κ3) is 3.64. The summed E-state index contributed by atoms with van der Waals surface area (Å²) in [7, 11) is 0. The minimum absolute atomic E-state index is 0.0176. The third-order valence-electron chi connectivity index (χ3n) is 3.52. The van der Waals surface area contributed by atoms with Crippen LogP contribution in [0.3, 0.4) is 0 Å². The zero-order valence-corrected chi connectivity index (χ0v) is 12.9. The molecule has 0 saturated heterocycles. The molecule has 1 aromatic carbocycles. The predicted octanol–water partition coefficient (Wildman–Crippen LogP) is 3.61. The lowest BCUT2D eigenvalue weighted by atomic mass is 10.0. The molecule has 1 N–H and O–H groups in total. The normalized spacial score (nSPS) is 13.6. The summed E-state index contributed by atoms with van der Waals surface area (Å²) < 4.78 is 0. The van der Waals surface area contributed by atoms with Crippen molar-refractivity contribution >= 4 is 23.4 Å². The maximum atomic E-state index is 12.1. The van der Waals surface area contributed by atoms with E-state index in [-0.39, 0.29) is 5.91 Å². The van der Waals surface area contributed by atoms with Crippen LogP contribution in [-0.2, 0) is 17.6 Å². The minimum atomic E-state index is 0.0176. The molecule has 0 fully saturated rings. The highest BCUT2D eigenvalue weighted by atomic mass is 32.2. The predicted molar refractivity (Wildman–Crippen MR) is 86.8 cm³/mol. The van der Waals surface area contributed by atoms with Crippen molar-refractivity contribution in [3.05, 3.63) is 53.3 Å². The molecule has 21 heavy (non-hydrogen) atoms.